The second-order valence-corrected chi connectivity index (χ2v) is 5.76. The molecule has 0 saturated heterocycles. The fourth-order valence-corrected chi connectivity index (χ4v) is 2.09. The molecule has 0 aliphatic carbocycles. The van der Waals surface area contributed by atoms with Crippen molar-refractivity contribution in [3.63, 3.8) is 0 Å². The van der Waals surface area contributed by atoms with E-state index >= 15 is 0 Å². The molecule has 4 nitrogen and oxygen atoms in total. The number of rotatable bonds is 7. The topological polar surface area (TPSA) is 59.2 Å². The quantitative estimate of drug-likeness (QED) is 0.797. The molecule has 1 atom stereocenters. The number of aromatic nitrogens is 2. The summed E-state index contributed by atoms with van der Waals surface area (Å²) in [5.74, 6) is 2.77. The van der Waals surface area contributed by atoms with Crippen molar-refractivity contribution in [1.82, 2.24) is 10.1 Å². The van der Waals surface area contributed by atoms with E-state index in [0.717, 1.165) is 30.3 Å². The number of hydrogen-bond donors (Lipinski definition) is 1. The van der Waals surface area contributed by atoms with E-state index in [1.165, 1.54) is 0 Å². The largest absolute Gasteiger partial charge is 0.396 e. The zero-order valence-corrected chi connectivity index (χ0v) is 11.0. The maximum absolute atomic E-state index is 8.77. The van der Waals surface area contributed by atoms with Crippen LogP contribution in [-0.2, 0) is 12.2 Å². The lowest BCUT2D eigenvalue weighted by Gasteiger charge is -2.06. The summed E-state index contributed by atoms with van der Waals surface area (Å²) >= 11 is 1.74. The smallest absolute Gasteiger partial charge is 0.226 e. The van der Waals surface area contributed by atoms with Crippen LogP contribution in [0.3, 0.4) is 0 Å². The molecule has 92 valence electrons. The first-order chi connectivity index (χ1) is 7.61. The van der Waals surface area contributed by atoms with Crippen LogP contribution in [0.4, 0.5) is 0 Å². The minimum absolute atomic E-state index is 0.235. The lowest BCUT2D eigenvalue weighted by Crippen LogP contribution is -2.00. The summed E-state index contributed by atoms with van der Waals surface area (Å²) < 4.78 is 5.14. The minimum Gasteiger partial charge on any atom is -0.396 e. The van der Waals surface area contributed by atoms with Crippen molar-refractivity contribution >= 4 is 11.8 Å². The van der Waals surface area contributed by atoms with Crippen molar-refractivity contribution in [2.45, 2.75) is 44.6 Å². The third-order valence-electron chi connectivity index (χ3n) is 2.13. The second kappa shape index (κ2) is 6.91. The van der Waals surface area contributed by atoms with Crippen molar-refractivity contribution in [2.75, 3.05) is 6.61 Å². The van der Waals surface area contributed by atoms with Gasteiger partial charge in [0, 0.05) is 18.3 Å². The molecule has 0 aromatic carbocycles. The fourth-order valence-electron chi connectivity index (χ4n) is 1.26. The highest BCUT2D eigenvalue weighted by atomic mass is 32.2. The van der Waals surface area contributed by atoms with E-state index in [1.807, 2.05) is 0 Å². The molecule has 1 rings (SSSR count). The molecule has 1 N–H and O–H groups in total. The zero-order valence-electron chi connectivity index (χ0n) is 10.1. The number of hydrogen-bond acceptors (Lipinski definition) is 5. The Balaban J connectivity index is 2.34. The van der Waals surface area contributed by atoms with Gasteiger partial charge in [0.2, 0.25) is 5.89 Å². The molecule has 1 heterocycles. The maximum Gasteiger partial charge on any atom is 0.226 e. The van der Waals surface area contributed by atoms with E-state index < -0.39 is 0 Å². The summed E-state index contributed by atoms with van der Waals surface area (Å²) in [7, 11) is 0. The standard InChI is InChI=1S/C11H20N2O2S/c1-8(2)6-11-12-10(13-15-11)7-16-9(3)4-5-14/h8-9,14H,4-7H2,1-3H3. The molecule has 0 spiro atoms. The van der Waals surface area contributed by atoms with E-state index in [2.05, 4.69) is 30.9 Å². The van der Waals surface area contributed by atoms with Gasteiger partial charge in [-0.3, -0.25) is 0 Å². The van der Waals surface area contributed by atoms with Gasteiger partial charge in [-0.25, -0.2) is 0 Å². The third kappa shape index (κ3) is 4.99. The van der Waals surface area contributed by atoms with Crippen LogP contribution >= 0.6 is 11.8 Å². The Morgan fingerprint density at radius 3 is 2.75 bits per heavy atom. The average molecular weight is 244 g/mol. The van der Waals surface area contributed by atoms with E-state index in [0.29, 0.717) is 11.2 Å². The third-order valence-corrected chi connectivity index (χ3v) is 3.36. The Bertz CT molecular complexity index is 302. The molecule has 5 heteroatoms. The molecule has 0 aliphatic rings. The normalized spacial score (nSPS) is 13.3. The monoisotopic (exact) mass is 244 g/mol. The van der Waals surface area contributed by atoms with Crippen molar-refractivity contribution < 1.29 is 9.63 Å². The number of thioether (sulfide) groups is 1. The van der Waals surface area contributed by atoms with Crippen LogP contribution in [0.5, 0.6) is 0 Å². The summed E-state index contributed by atoms with van der Waals surface area (Å²) in [6.07, 6.45) is 1.64. The van der Waals surface area contributed by atoms with E-state index in [9.17, 15) is 0 Å². The summed E-state index contributed by atoms with van der Waals surface area (Å²) in [5, 5.41) is 13.1. The molecule has 0 radical (unpaired) electrons. The van der Waals surface area contributed by atoms with Gasteiger partial charge >= 0.3 is 0 Å². The average Bonchev–Trinajstić information content (AvgIpc) is 2.62. The predicted octanol–water partition coefficient (Wildman–Crippen LogP) is 2.27. The molecule has 16 heavy (non-hydrogen) atoms. The van der Waals surface area contributed by atoms with Gasteiger partial charge in [-0.2, -0.15) is 16.7 Å². The highest BCUT2D eigenvalue weighted by Crippen LogP contribution is 2.18. The predicted molar refractivity (Wildman–Crippen MR) is 65.3 cm³/mol. The maximum atomic E-state index is 8.77. The van der Waals surface area contributed by atoms with E-state index in [1.54, 1.807) is 11.8 Å². The first kappa shape index (κ1) is 13.5. The van der Waals surface area contributed by atoms with Crippen molar-refractivity contribution in [2.24, 2.45) is 5.92 Å². The van der Waals surface area contributed by atoms with Crippen LogP contribution in [0.1, 0.15) is 38.9 Å². The summed E-state index contributed by atoms with van der Waals surface area (Å²) in [6.45, 7) is 6.58. The van der Waals surface area contributed by atoms with Gasteiger partial charge in [0.1, 0.15) is 0 Å². The van der Waals surface area contributed by atoms with Crippen molar-refractivity contribution in [1.29, 1.82) is 0 Å². The Labute approximate surface area is 101 Å². The van der Waals surface area contributed by atoms with Gasteiger partial charge < -0.3 is 9.63 Å². The van der Waals surface area contributed by atoms with Gasteiger partial charge in [-0.05, 0) is 12.3 Å². The van der Waals surface area contributed by atoms with E-state index in [-0.39, 0.29) is 6.61 Å². The Morgan fingerprint density at radius 2 is 2.12 bits per heavy atom. The van der Waals surface area contributed by atoms with E-state index in [4.69, 9.17) is 9.63 Å². The highest BCUT2D eigenvalue weighted by molar-refractivity contribution is 7.99. The number of aliphatic hydroxyl groups excluding tert-OH is 1. The highest BCUT2D eigenvalue weighted by Gasteiger charge is 2.09. The van der Waals surface area contributed by atoms with Crippen LogP contribution < -0.4 is 0 Å². The van der Waals surface area contributed by atoms with Gasteiger partial charge in [0.05, 0.1) is 5.75 Å². The molecule has 0 aliphatic heterocycles. The zero-order chi connectivity index (χ0) is 12.0. The molecule has 0 bridgehead atoms. The van der Waals surface area contributed by atoms with Gasteiger partial charge in [0.15, 0.2) is 5.82 Å². The summed E-state index contributed by atoms with van der Waals surface area (Å²) in [6, 6.07) is 0. The summed E-state index contributed by atoms with van der Waals surface area (Å²) in [5.41, 5.74) is 0. The Morgan fingerprint density at radius 1 is 1.38 bits per heavy atom. The summed E-state index contributed by atoms with van der Waals surface area (Å²) in [4.78, 5) is 4.32. The lowest BCUT2D eigenvalue weighted by molar-refractivity contribution is 0.289. The molecule has 0 fully saturated rings. The molecule has 1 aromatic heterocycles. The minimum atomic E-state index is 0.235. The van der Waals surface area contributed by atoms with Crippen LogP contribution in [0.15, 0.2) is 4.52 Å². The van der Waals surface area contributed by atoms with Crippen molar-refractivity contribution in [3.05, 3.63) is 11.7 Å². The van der Waals surface area contributed by atoms with Gasteiger partial charge in [0.25, 0.3) is 0 Å². The Kier molecular flexibility index (Phi) is 5.84. The second-order valence-electron chi connectivity index (χ2n) is 4.34. The molecule has 1 aromatic rings. The van der Waals surface area contributed by atoms with Crippen LogP contribution in [0.2, 0.25) is 0 Å². The molecular weight excluding hydrogens is 224 g/mol. The number of nitrogens with zero attached hydrogens (tertiary/aromatic N) is 2. The van der Waals surface area contributed by atoms with Crippen LogP contribution in [0, 0.1) is 5.92 Å². The fraction of sp³-hybridized carbons (Fsp3) is 0.818. The first-order valence-corrected chi connectivity index (χ1v) is 6.70. The molecule has 0 amide bonds. The van der Waals surface area contributed by atoms with Crippen LogP contribution in [-0.4, -0.2) is 27.1 Å². The van der Waals surface area contributed by atoms with Crippen LogP contribution in [0.25, 0.3) is 0 Å². The SMILES string of the molecule is CC(C)Cc1nc(CSC(C)CCO)no1. The molecule has 0 saturated carbocycles. The van der Waals surface area contributed by atoms with Crippen molar-refractivity contribution in [3.8, 4) is 0 Å². The Hall–Kier alpha value is -0.550. The van der Waals surface area contributed by atoms with Gasteiger partial charge in [-0.1, -0.05) is 25.9 Å². The first-order valence-electron chi connectivity index (χ1n) is 5.65. The van der Waals surface area contributed by atoms with Gasteiger partial charge in [-0.15, -0.1) is 0 Å². The number of aliphatic hydroxyl groups is 1. The molecular formula is C11H20N2O2S. The lowest BCUT2D eigenvalue weighted by atomic mass is 10.1. The molecule has 1 unspecified atom stereocenters.